The summed E-state index contributed by atoms with van der Waals surface area (Å²) in [4.78, 5) is 0. The molecule has 4 rings (SSSR count). The number of rotatable bonds is 1. The van der Waals surface area contributed by atoms with Crippen LogP contribution in [0, 0.1) is 41.4 Å². The highest BCUT2D eigenvalue weighted by Crippen LogP contribution is 2.67. The molecule has 0 heterocycles. The summed E-state index contributed by atoms with van der Waals surface area (Å²) in [6, 6.07) is 0. The molecule has 124 valence electrons. The first-order valence-electron chi connectivity index (χ1n) is 9.63. The molecule has 0 aliphatic heterocycles. The van der Waals surface area contributed by atoms with Crippen molar-refractivity contribution in [3.8, 4) is 12.3 Å². The molecule has 4 aliphatic carbocycles. The minimum absolute atomic E-state index is 0.115. The molecule has 0 aromatic carbocycles. The van der Waals surface area contributed by atoms with E-state index >= 15 is 0 Å². The summed E-state index contributed by atoms with van der Waals surface area (Å²) in [7, 11) is 0. The average molecular weight is 310 g/mol. The Morgan fingerprint density at radius 3 is 2.96 bits per heavy atom. The molecule has 0 spiro atoms. The van der Waals surface area contributed by atoms with Gasteiger partial charge >= 0.3 is 0 Å². The highest BCUT2D eigenvalue weighted by Gasteiger charge is 2.64. The third kappa shape index (κ3) is 1.91. The smallest absolute Gasteiger partial charge is 0.131 e. The molecule has 6 atom stereocenters. The summed E-state index contributed by atoms with van der Waals surface area (Å²) >= 11 is 0. The van der Waals surface area contributed by atoms with E-state index in [2.05, 4.69) is 25.5 Å². The van der Waals surface area contributed by atoms with Crippen LogP contribution in [0.5, 0.6) is 0 Å². The van der Waals surface area contributed by atoms with Crippen LogP contribution < -0.4 is 0 Å². The van der Waals surface area contributed by atoms with Gasteiger partial charge < -0.3 is 5.11 Å². The summed E-state index contributed by atoms with van der Waals surface area (Å²) in [5.41, 5.74) is 2.08. The molecule has 0 bridgehead atoms. The quantitative estimate of drug-likeness (QED) is 0.541. The minimum atomic E-state index is -0.914. The topological polar surface area (TPSA) is 20.2 Å². The van der Waals surface area contributed by atoms with Gasteiger partial charge in [-0.3, -0.25) is 0 Å². The van der Waals surface area contributed by atoms with E-state index in [-0.39, 0.29) is 5.41 Å². The first kappa shape index (κ1) is 15.5. The van der Waals surface area contributed by atoms with Crippen LogP contribution >= 0.6 is 0 Å². The molecule has 1 N–H and O–H groups in total. The van der Waals surface area contributed by atoms with Crippen LogP contribution in [0.3, 0.4) is 0 Å². The molecular weight excluding hydrogens is 280 g/mol. The Labute approximate surface area is 141 Å². The van der Waals surface area contributed by atoms with Gasteiger partial charge in [-0.1, -0.05) is 36.6 Å². The Hall–Kier alpha value is -1.00. The van der Waals surface area contributed by atoms with Crippen LogP contribution in [0.1, 0.15) is 64.7 Å². The largest absolute Gasteiger partial charge is 0.377 e. The molecule has 3 saturated carbocycles. The maximum absolute atomic E-state index is 11.2. The zero-order valence-electron chi connectivity index (χ0n) is 14.5. The van der Waals surface area contributed by atoms with Crippen LogP contribution in [0.2, 0.25) is 0 Å². The van der Waals surface area contributed by atoms with Gasteiger partial charge in [0.05, 0.1) is 0 Å². The van der Waals surface area contributed by atoms with E-state index < -0.39 is 5.60 Å². The third-order valence-corrected chi connectivity index (χ3v) is 8.01. The lowest BCUT2D eigenvalue weighted by molar-refractivity contribution is -0.0788. The zero-order chi connectivity index (χ0) is 16.2. The van der Waals surface area contributed by atoms with Gasteiger partial charge in [-0.25, -0.2) is 0 Å². The van der Waals surface area contributed by atoms with Crippen LogP contribution in [0.4, 0.5) is 0 Å². The second kappa shape index (κ2) is 5.25. The Kier molecular flexibility index (Phi) is 3.54. The maximum Gasteiger partial charge on any atom is 0.131 e. The zero-order valence-corrected chi connectivity index (χ0v) is 14.5. The summed E-state index contributed by atoms with van der Waals surface area (Å²) in [5, 5.41) is 11.2. The molecule has 0 aromatic rings. The van der Waals surface area contributed by atoms with Crippen molar-refractivity contribution in [1.29, 1.82) is 0 Å². The van der Waals surface area contributed by atoms with E-state index in [0.29, 0.717) is 17.8 Å². The average Bonchev–Trinajstić information content (AvgIpc) is 2.88. The number of terminal acetylenes is 1. The van der Waals surface area contributed by atoms with Crippen molar-refractivity contribution in [1.82, 2.24) is 0 Å². The standard InChI is InChI=1S/C22H30O/c1-4-21-14-15(3)20-17-9-7-6-8-16(17)10-11-18(20)19(21)12-13-22(21,23)5-2/h2,8,17-20,23H,3-4,6-7,9-14H2,1H3/t17-,18-,19+,20+,21-,22-/m0/s1. The van der Waals surface area contributed by atoms with Gasteiger partial charge in [0.15, 0.2) is 0 Å². The van der Waals surface area contributed by atoms with E-state index in [0.717, 1.165) is 31.6 Å². The highest BCUT2D eigenvalue weighted by molar-refractivity contribution is 5.32. The van der Waals surface area contributed by atoms with Crippen molar-refractivity contribution in [2.24, 2.45) is 29.1 Å². The first-order chi connectivity index (χ1) is 11.1. The fourth-order valence-electron chi connectivity index (χ4n) is 7.03. The summed E-state index contributed by atoms with van der Waals surface area (Å²) in [6.07, 6.45) is 18.6. The number of fused-ring (bicyclic) bond motifs is 5. The highest BCUT2D eigenvalue weighted by atomic mass is 16.3. The van der Waals surface area contributed by atoms with Crippen LogP contribution in [0.25, 0.3) is 0 Å². The Morgan fingerprint density at radius 2 is 2.22 bits per heavy atom. The first-order valence-corrected chi connectivity index (χ1v) is 9.63. The van der Waals surface area contributed by atoms with Crippen molar-refractivity contribution in [2.45, 2.75) is 70.3 Å². The van der Waals surface area contributed by atoms with Gasteiger partial charge in [-0.2, -0.15) is 0 Å². The molecule has 4 aliphatic rings. The fourth-order valence-corrected chi connectivity index (χ4v) is 7.03. The predicted octanol–water partition coefficient (Wildman–Crippen LogP) is 4.87. The van der Waals surface area contributed by atoms with Crippen molar-refractivity contribution < 1.29 is 5.11 Å². The van der Waals surface area contributed by atoms with Crippen molar-refractivity contribution in [3.63, 3.8) is 0 Å². The van der Waals surface area contributed by atoms with Crippen molar-refractivity contribution in [2.75, 3.05) is 0 Å². The van der Waals surface area contributed by atoms with Crippen molar-refractivity contribution in [3.05, 3.63) is 23.8 Å². The van der Waals surface area contributed by atoms with E-state index in [1.54, 1.807) is 5.57 Å². The number of hydrogen-bond acceptors (Lipinski definition) is 1. The summed E-state index contributed by atoms with van der Waals surface area (Å²) < 4.78 is 0. The molecule has 0 saturated heterocycles. The molecule has 3 fully saturated rings. The molecule has 0 radical (unpaired) electrons. The Balaban J connectivity index is 1.74. The number of allylic oxidation sites excluding steroid dienone is 3. The molecule has 1 nitrogen and oxygen atoms in total. The van der Waals surface area contributed by atoms with E-state index in [1.165, 1.54) is 37.7 Å². The lowest BCUT2D eigenvalue weighted by Gasteiger charge is -2.56. The molecule has 0 amide bonds. The van der Waals surface area contributed by atoms with Crippen LogP contribution in [0.15, 0.2) is 23.8 Å². The summed E-state index contributed by atoms with van der Waals surface area (Å²) in [6.45, 7) is 6.76. The second-order valence-corrected chi connectivity index (χ2v) is 8.54. The van der Waals surface area contributed by atoms with Gasteiger partial charge in [0.25, 0.3) is 0 Å². The number of aliphatic hydroxyl groups is 1. The summed E-state index contributed by atoms with van der Waals surface area (Å²) in [5.74, 6) is 5.48. The molecule has 0 aromatic heterocycles. The van der Waals surface area contributed by atoms with E-state index in [1.807, 2.05) is 0 Å². The van der Waals surface area contributed by atoms with Crippen molar-refractivity contribution >= 4 is 0 Å². The SMILES string of the molecule is C#C[C@]1(O)CC[C@@H]2[C@@H]3CCC4=CCCC[C@@H]4[C@H]3C(=C)C[C@@]21CC. The van der Waals surface area contributed by atoms with Gasteiger partial charge in [-0.05, 0) is 81.5 Å². The Morgan fingerprint density at radius 1 is 1.39 bits per heavy atom. The number of hydrogen-bond donors (Lipinski definition) is 1. The fraction of sp³-hybridized carbons (Fsp3) is 0.727. The lowest BCUT2D eigenvalue weighted by atomic mass is 9.48. The Bertz CT molecular complexity index is 594. The molecule has 23 heavy (non-hydrogen) atoms. The predicted molar refractivity (Wildman–Crippen MR) is 94.6 cm³/mol. The minimum Gasteiger partial charge on any atom is -0.377 e. The molecular formula is C22H30O. The van der Waals surface area contributed by atoms with Gasteiger partial charge in [0.1, 0.15) is 5.60 Å². The maximum atomic E-state index is 11.2. The second-order valence-electron chi connectivity index (χ2n) is 8.54. The van der Waals surface area contributed by atoms with Gasteiger partial charge in [-0.15, -0.1) is 6.42 Å². The van der Waals surface area contributed by atoms with E-state index in [9.17, 15) is 5.11 Å². The van der Waals surface area contributed by atoms with Gasteiger partial charge in [0, 0.05) is 5.41 Å². The molecule has 1 heteroatoms. The lowest BCUT2D eigenvalue weighted by Crippen LogP contribution is -2.54. The van der Waals surface area contributed by atoms with E-state index in [4.69, 9.17) is 6.42 Å². The van der Waals surface area contributed by atoms with Gasteiger partial charge in [0.2, 0.25) is 0 Å². The van der Waals surface area contributed by atoms with Crippen LogP contribution in [-0.4, -0.2) is 10.7 Å². The molecule has 0 unspecified atom stereocenters. The third-order valence-electron chi connectivity index (χ3n) is 8.01. The van der Waals surface area contributed by atoms with Crippen LogP contribution in [-0.2, 0) is 0 Å². The monoisotopic (exact) mass is 310 g/mol. The normalized spacial score (nSPS) is 48.7.